The van der Waals surface area contributed by atoms with Crippen LogP contribution >= 0.6 is 0 Å². The summed E-state index contributed by atoms with van der Waals surface area (Å²) in [4.78, 5) is 14.8. The molecule has 1 aliphatic heterocycles. The van der Waals surface area contributed by atoms with Gasteiger partial charge < -0.3 is 16.0 Å². The van der Waals surface area contributed by atoms with Crippen LogP contribution in [0.3, 0.4) is 0 Å². The van der Waals surface area contributed by atoms with Crippen molar-refractivity contribution in [1.82, 2.24) is 10.2 Å². The smallest absolute Gasteiger partial charge is 0.227 e. The van der Waals surface area contributed by atoms with Gasteiger partial charge in [-0.05, 0) is 45.7 Å². The van der Waals surface area contributed by atoms with Crippen LogP contribution in [0.1, 0.15) is 46.0 Å². The van der Waals surface area contributed by atoms with Crippen LogP contribution in [-0.2, 0) is 4.79 Å². The molecule has 4 heteroatoms. The Bertz CT molecular complexity index is 307. The summed E-state index contributed by atoms with van der Waals surface area (Å²) < 4.78 is 0. The zero-order valence-electron chi connectivity index (χ0n) is 11.7. The Kier molecular flexibility index (Phi) is 4.28. The van der Waals surface area contributed by atoms with E-state index >= 15 is 0 Å². The van der Waals surface area contributed by atoms with Gasteiger partial charge in [0, 0.05) is 18.6 Å². The van der Waals surface area contributed by atoms with Crippen LogP contribution in [0.25, 0.3) is 0 Å². The number of nitrogens with two attached hydrogens (primary N) is 1. The van der Waals surface area contributed by atoms with E-state index in [4.69, 9.17) is 5.73 Å². The highest BCUT2D eigenvalue weighted by Gasteiger charge is 2.43. The molecule has 0 spiro atoms. The molecule has 1 saturated heterocycles. The molecule has 3 unspecified atom stereocenters. The van der Waals surface area contributed by atoms with Crippen LogP contribution in [0.4, 0.5) is 0 Å². The molecule has 1 heterocycles. The number of likely N-dealkylation sites (tertiary alicyclic amines) is 1. The summed E-state index contributed by atoms with van der Waals surface area (Å²) in [7, 11) is 0. The molecule has 0 aromatic heterocycles. The highest BCUT2D eigenvalue weighted by molar-refractivity contribution is 5.83. The molecule has 1 saturated carbocycles. The van der Waals surface area contributed by atoms with Crippen molar-refractivity contribution >= 4 is 5.91 Å². The van der Waals surface area contributed by atoms with Crippen molar-refractivity contribution in [2.75, 3.05) is 19.6 Å². The minimum Gasteiger partial charge on any atom is -0.352 e. The minimum absolute atomic E-state index is 0.0309. The third-order valence-electron chi connectivity index (χ3n) is 4.84. The number of piperidine rings is 1. The number of carbonyl (C=O) groups is 1. The first-order chi connectivity index (χ1) is 8.56. The fourth-order valence-corrected chi connectivity index (χ4v) is 3.29. The standard InChI is InChI=1S/C14H27N3O/c1-3-17-9-5-6-11(10-17)16-13(18)14(2)8-4-7-12(14)15/h11-12H,3-10,15H2,1-2H3,(H,16,18). The minimum atomic E-state index is -0.339. The highest BCUT2D eigenvalue weighted by atomic mass is 16.2. The molecule has 18 heavy (non-hydrogen) atoms. The van der Waals surface area contributed by atoms with Gasteiger partial charge in [-0.25, -0.2) is 0 Å². The molecule has 1 aliphatic carbocycles. The summed E-state index contributed by atoms with van der Waals surface area (Å²) in [6.45, 7) is 7.44. The molecule has 3 N–H and O–H groups in total. The molecule has 3 atom stereocenters. The van der Waals surface area contributed by atoms with E-state index in [9.17, 15) is 4.79 Å². The van der Waals surface area contributed by atoms with E-state index in [0.717, 1.165) is 38.8 Å². The van der Waals surface area contributed by atoms with Gasteiger partial charge in [0.25, 0.3) is 0 Å². The summed E-state index contributed by atoms with van der Waals surface area (Å²) >= 11 is 0. The normalized spacial score (nSPS) is 37.7. The van der Waals surface area contributed by atoms with Crippen molar-refractivity contribution < 1.29 is 4.79 Å². The van der Waals surface area contributed by atoms with Crippen LogP contribution in [-0.4, -0.2) is 42.5 Å². The van der Waals surface area contributed by atoms with Gasteiger partial charge >= 0.3 is 0 Å². The number of nitrogens with zero attached hydrogens (tertiary/aromatic N) is 1. The number of carbonyl (C=O) groups excluding carboxylic acids is 1. The van der Waals surface area contributed by atoms with Gasteiger partial charge in [0.15, 0.2) is 0 Å². The molecular weight excluding hydrogens is 226 g/mol. The molecule has 0 aromatic rings. The van der Waals surface area contributed by atoms with Gasteiger partial charge in [-0.1, -0.05) is 13.3 Å². The number of nitrogens with one attached hydrogen (secondary N) is 1. The van der Waals surface area contributed by atoms with E-state index < -0.39 is 0 Å². The molecule has 2 rings (SSSR count). The summed E-state index contributed by atoms with van der Waals surface area (Å²) in [6.07, 6.45) is 5.28. The van der Waals surface area contributed by atoms with Gasteiger partial charge in [0.05, 0.1) is 5.41 Å². The number of rotatable bonds is 3. The van der Waals surface area contributed by atoms with Crippen molar-refractivity contribution in [3.8, 4) is 0 Å². The monoisotopic (exact) mass is 253 g/mol. The summed E-state index contributed by atoms with van der Waals surface area (Å²) in [5, 5.41) is 3.24. The maximum atomic E-state index is 12.4. The van der Waals surface area contributed by atoms with Crippen LogP contribution < -0.4 is 11.1 Å². The Morgan fingerprint density at radius 2 is 2.22 bits per heavy atom. The lowest BCUT2D eigenvalue weighted by Crippen LogP contribution is -2.54. The second-order valence-electron chi connectivity index (χ2n) is 6.12. The van der Waals surface area contributed by atoms with Crippen LogP contribution in [0.2, 0.25) is 0 Å². The SMILES string of the molecule is CCN1CCCC(NC(=O)C2(C)CCCC2N)C1. The number of likely N-dealkylation sites (N-methyl/N-ethyl adjacent to an activating group) is 1. The lowest BCUT2D eigenvalue weighted by Gasteiger charge is -2.35. The van der Waals surface area contributed by atoms with E-state index in [1.807, 2.05) is 6.92 Å². The van der Waals surface area contributed by atoms with Crippen molar-refractivity contribution in [2.45, 2.75) is 58.0 Å². The van der Waals surface area contributed by atoms with Crippen molar-refractivity contribution in [3.63, 3.8) is 0 Å². The highest BCUT2D eigenvalue weighted by Crippen LogP contribution is 2.37. The molecular formula is C14H27N3O. The van der Waals surface area contributed by atoms with Gasteiger partial charge in [-0.2, -0.15) is 0 Å². The summed E-state index contributed by atoms with van der Waals surface area (Å²) in [5.74, 6) is 0.176. The van der Waals surface area contributed by atoms with E-state index in [1.165, 1.54) is 13.0 Å². The number of amides is 1. The van der Waals surface area contributed by atoms with Crippen molar-refractivity contribution in [1.29, 1.82) is 0 Å². The topological polar surface area (TPSA) is 58.4 Å². The third kappa shape index (κ3) is 2.69. The fraction of sp³-hybridized carbons (Fsp3) is 0.929. The first-order valence-electron chi connectivity index (χ1n) is 7.35. The average molecular weight is 253 g/mol. The van der Waals surface area contributed by atoms with E-state index in [-0.39, 0.29) is 17.4 Å². The maximum absolute atomic E-state index is 12.4. The van der Waals surface area contributed by atoms with E-state index in [2.05, 4.69) is 17.1 Å². The van der Waals surface area contributed by atoms with Gasteiger partial charge in [-0.3, -0.25) is 4.79 Å². The molecule has 0 bridgehead atoms. The van der Waals surface area contributed by atoms with Gasteiger partial charge in [-0.15, -0.1) is 0 Å². The third-order valence-corrected chi connectivity index (χ3v) is 4.84. The molecule has 1 amide bonds. The lowest BCUT2D eigenvalue weighted by molar-refractivity contribution is -0.131. The second kappa shape index (κ2) is 5.57. The summed E-state index contributed by atoms with van der Waals surface area (Å²) in [5.41, 5.74) is 5.76. The van der Waals surface area contributed by atoms with Crippen LogP contribution in [0.15, 0.2) is 0 Å². The van der Waals surface area contributed by atoms with Crippen LogP contribution in [0, 0.1) is 5.41 Å². The Morgan fingerprint density at radius 3 is 2.83 bits per heavy atom. The Labute approximate surface area is 110 Å². The van der Waals surface area contributed by atoms with Gasteiger partial charge in [0.2, 0.25) is 5.91 Å². The average Bonchev–Trinajstić information content (AvgIpc) is 2.71. The lowest BCUT2D eigenvalue weighted by atomic mass is 9.83. The quantitative estimate of drug-likeness (QED) is 0.792. The van der Waals surface area contributed by atoms with Gasteiger partial charge in [0.1, 0.15) is 0 Å². The molecule has 104 valence electrons. The van der Waals surface area contributed by atoms with Crippen molar-refractivity contribution in [2.24, 2.45) is 11.1 Å². The van der Waals surface area contributed by atoms with Crippen molar-refractivity contribution in [3.05, 3.63) is 0 Å². The fourth-order valence-electron chi connectivity index (χ4n) is 3.29. The second-order valence-corrected chi connectivity index (χ2v) is 6.12. The first-order valence-corrected chi connectivity index (χ1v) is 7.35. The molecule has 0 aromatic carbocycles. The molecule has 4 nitrogen and oxygen atoms in total. The van der Waals surface area contributed by atoms with E-state index in [0.29, 0.717) is 6.04 Å². The maximum Gasteiger partial charge on any atom is 0.227 e. The number of hydrogen-bond acceptors (Lipinski definition) is 3. The zero-order valence-corrected chi connectivity index (χ0v) is 11.7. The Morgan fingerprint density at radius 1 is 1.44 bits per heavy atom. The predicted octanol–water partition coefficient (Wildman–Crippen LogP) is 1.10. The molecule has 2 aliphatic rings. The first kappa shape index (κ1) is 13.8. The van der Waals surface area contributed by atoms with E-state index in [1.54, 1.807) is 0 Å². The predicted molar refractivity (Wildman–Crippen MR) is 73.2 cm³/mol. The molecule has 0 radical (unpaired) electrons. The summed E-state index contributed by atoms with van der Waals surface area (Å²) in [6, 6.07) is 0.346. The van der Waals surface area contributed by atoms with Crippen LogP contribution in [0.5, 0.6) is 0 Å². The molecule has 2 fully saturated rings. The largest absolute Gasteiger partial charge is 0.352 e. The number of hydrogen-bond donors (Lipinski definition) is 2. The zero-order chi connectivity index (χ0) is 13.2. The Balaban J connectivity index is 1.91. The Hall–Kier alpha value is -0.610.